The Morgan fingerprint density at radius 1 is 1.21 bits per heavy atom. The molecule has 1 rings (SSSR count). The standard InChI is InChI=1S/C16H26FNO/c1-4-5-6-7-8-11-14(18-2)13-10-9-12-15(19-3)16(13)17/h9-10,12,14,18H,4-8,11H2,1-3H3. The molecule has 0 saturated carbocycles. The Kier molecular flexibility index (Phi) is 7.49. The van der Waals surface area contributed by atoms with E-state index in [1.165, 1.54) is 32.8 Å². The van der Waals surface area contributed by atoms with E-state index in [1.807, 2.05) is 19.2 Å². The van der Waals surface area contributed by atoms with E-state index in [1.54, 1.807) is 6.07 Å². The van der Waals surface area contributed by atoms with Crippen molar-refractivity contribution in [2.45, 2.75) is 51.5 Å². The molecule has 2 nitrogen and oxygen atoms in total. The number of rotatable bonds is 9. The van der Waals surface area contributed by atoms with Crippen LogP contribution in [0.2, 0.25) is 0 Å². The van der Waals surface area contributed by atoms with Crippen LogP contribution in [0.1, 0.15) is 57.1 Å². The third-order valence-electron chi connectivity index (χ3n) is 3.53. The van der Waals surface area contributed by atoms with Crippen LogP contribution in [0.15, 0.2) is 18.2 Å². The molecule has 1 N–H and O–H groups in total. The number of hydrogen-bond donors (Lipinski definition) is 1. The van der Waals surface area contributed by atoms with Crippen LogP contribution in [0.4, 0.5) is 4.39 Å². The number of unbranched alkanes of at least 4 members (excludes halogenated alkanes) is 4. The Bertz CT molecular complexity index is 368. The van der Waals surface area contributed by atoms with Crippen LogP contribution in [0.25, 0.3) is 0 Å². The van der Waals surface area contributed by atoms with Gasteiger partial charge in [-0.1, -0.05) is 51.2 Å². The van der Waals surface area contributed by atoms with E-state index >= 15 is 0 Å². The van der Waals surface area contributed by atoms with Gasteiger partial charge in [0.05, 0.1) is 7.11 Å². The first-order chi connectivity index (χ1) is 9.24. The molecular formula is C16H26FNO. The molecule has 108 valence electrons. The first-order valence-corrected chi connectivity index (χ1v) is 7.24. The minimum Gasteiger partial charge on any atom is -0.494 e. The normalized spacial score (nSPS) is 12.4. The number of hydrogen-bond acceptors (Lipinski definition) is 2. The van der Waals surface area contributed by atoms with Crippen molar-refractivity contribution in [1.29, 1.82) is 0 Å². The predicted molar refractivity (Wildman–Crippen MR) is 78.1 cm³/mol. The number of benzene rings is 1. The van der Waals surface area contributed by atoms with E-state index in [9.17, 15) is 4.39 Å². The van der Waals surface area contributed by atoms with Gasteiger partial charge in [0.15, 0.2) is 11.6 Å². The second-order valence-corrected chi connectivity index (χ2v) is 4.91. The van der Waals surface area contributed by atoms with E-state index in [0.29, 0.717) is 11.3 Å². The molecule has 19 heavy (non-hydrogen) atoms. The molecule has 0 aromatic heterocycles. The van der Waals surface area contributed by atoms with Crippen molar-refractivity contribution in [1.82, 2.24) is 5.32 Å². The van der Waals surface area contributed by atoms with Gasteiger partial charge >= 0.3 is 0 Å². The summed E-state index contributed by atoms with van der Waals surface area (Å²) in [6.07, 6.45) is 7.12. The summed E-state index contributed by atoms with van der Waals surface area (Å²) in [6, 6.07) is 5.41. The third kappa shape index (κ3) is 4.83. The van der Waals surface area contributed by atoms with E-state index < -0.39 is 0 Å². The lowest BCUT2D eigenvalue weighted by Crippen LogP contribution is -2.18. The van der Waals surface area contributed by atoms with Crippen molar-refractivity contribution in [2.24, 2.45) is 0 Å². The number of nitrogens with one attached hydrogen (secondary N) is 1. The van der Waals surface area contributed by atoms with Gasteiger partial charge in [-0.25, -0.2) is 4.39 Å². The lowest BCUT2D eigenvalue weighted by Gasteiger charge is -2.18. The number of methoxy groups -OCH3 is 1. The molecule has 0 aliphatic heterocycles. The molecule has 1 unspecified atom stereocenters. The second-order valence-electron chi connectivity index (χ2n) is 4.91. The molecule has 0 radical (unpaired) electrons. The highest BCUT2D eigenvalue weighted by molar-refractivity contribution is 5.33. The van der Waals surface area contributed by atoms with E-state index in [2.05, 4.69) is 12.2 Å². The van der Waals surface area contributed by atoms with Gasteiger partial charge in [0, 0.05) is 11.6 Å². The number of ether oxygens (including phenoxy) is 1. The summed E-state index contributed by atoms with van der Waals surface area (Å²) < 4.78 is 19.2. The van der Waals surface area contributed by atoms with Crippen molar-refractivity contribution in [3.05, 3.63) is 29.6 Å². The molecule has 1 aromatic carbocycles. The molecule has 3 heteroatoms. The molecule has 1 aromatic rings. The maximum absolute atomic E-state index is 14.2. The van der Waals surface area contributed by atoms with Gasteiger partial charge in [-0.15, -0.1) is 0 Å². The van der Waals surface area contributed by atoms with Crippen molar-refractivity contribution >= 4 is 0 Å². The van der Waals surface area contributed by atoms with E-state index in [-0.39, 0.29) is 11.9 Å². The largest absolute Gasteiger partial charge is 0.494 e. The monoisotopic (exact) mass is 267 g/mol. The zero-order chi connectivity index (χ0) is 14.1. The van der Waals surface area contributed by atoms with Gasteiger partial charge in [0.1, 0.15) is 0 Å². The summed E-state index contributed by atoms with van der Waals surface area (Å²) in [5, 5.41) is 3.21. The minimum absolute atomic E-state index is 0.0664. The minimum atomic E-state index is -0.238. The summed E-state index contributed by atoms with van der Waals surface area (Å²) in [4.78, 5) is 0. The van der Waals surface area contributed by atoms with Crippen LogP contribution in [-0.4, -0.2) is 14.2 Å². The van der Waals surface area contributed by atoms with Crippen LogP contribution < -0.4 is 10.1 Å². The Morgan fingerprint density at radius 2 is 1.95 bits per heavy atom. The highest BCUT2D eigenvalue weighted by atomic mass is 19.1. The average molecular weight is 267 g/mol. The first-order valence-electron chi connectivity index (χ1n) is 7.24. The smallest absolute Gasteiger partial charge is 0.169 e. The van der Waals surface area contributed by atoms with Gasteiger partial charge in [0.25, 0.3) is 0 Å². The molecule has 0 aliphatic rings. The molecule has 0 spiro atoms. The maximum atomic E-state index is 14.2. The van der Waals surface area contributed by atoms with Gasteiger partial charge in [-0.3, -0.25) is 0 Å². The van der Waals surface area contributed by atoms with Gasteiger partial charge in [0.2, 0.25) is 0 Å². The summed E-state index contributed by atoms with van der Waals surface area (Å²) >= 11 is 0. The van der Waals surface area contributed by atoms with Crippen LogP contribution >= 0.6 is 0 Å². The summed E-state index contributed by atoms with van der Waals surface area (Å²) in [6.45, 7) is 2.21. The highest BCUT2D eigenvalue weighted by Gasteiger charge is 2.16. The zero-order valence-electron chi connectivity index (χ0n) is 12.3. The van der Waals surface area contributed by atoms with E-state index in [0.717, 1.165) is 12.8 Å². The SMILES string of the molecule is CCCCCCCC(NC)c1cccc(OC)c1F. The van der Waals surface area contributed by atoms with Crippen LogP contribution in [0.5, 0.6) is 5.75 Å². The maximum Gasteiger partial charge on any atom is 0.169 e. The fourth-order valence-corrected chi connectivity index (χ4v) is 2.36. The lowest BCUT2D eigenvalue weighted by atomic mass is 9.99. The Morgan fingerprint density at radius 3 is 2.58 bits per heavy atom. The molecule has 0 saturated heterocycles. The Labute approximate surface area is 116 Å². The van der Waals surface area contributed by atoms with E-state index in [4.69, 9.17) is 4.74 Å². The second kappa shape index (κ2) is 8.92. The fourth-order valence-electron chi connectivity index (χ4n) is 2.36. The molecule has 1 atom stereocenters. The van der Waals surface area contributed by atoms with Crippen LogP contribution in [-0.2, 0) is 0 Å². The third-order valence-corrected chi connectivity index (χ3v) is 3.53. The predicted octanol–water partition coefficient (Wildman–Crippen LogP) is 4.46. The Hall–Kier alpha value is -1.09. The molecule has 0 aliphatic carbocycles. The topological polar surface area (TPSA) is 21.3 Å². The summed E-state index contributed by atoms with van der Waals surface area (Å²) in [5.41, 5.74) is 0.706. The fraction of sp³-hybridized carbons (Fsp3) is 0.625. The molecule has 0 fully saturated rings. The van der Waals surface area contributed by atoms with Crippen LogP contribution in [0.3, 0.4) is 0 Å². The van der Waals surface area contributed by atoms with Crippen LogP contribution in [0, 0.1) is 5.82 Å². The van der Waals surface area contributed by atoms with Crippen molar-refractivity contribution in [2.75, 3.05) is 14.2 Å². The number of halogens is 1. The van der Waals surface area contributed by atoms with Gasteiger partial charge in [-0.05, 0) is 19.5 Å². The first kappa shape index (κ1) is 16.0. The molecule has 0 bridgehead atoms. The highest BCUT2D eigenvalue weighted by Crippen LogP contribution is 2.27. The molecular weight excluding hydrogens is 241 g/mol. The van der Waals surface area contributed by atoms with Crippen molar-refractivity contribution in [3.63, 3.8) is 0 Å². The quantitative estimate of drug-likeness (QED) is 0.667. The average Bonchev–Trinajstić information content (AvgIpc) is 2.44. The summed E-state index contributed by atoms with van der Waals surface area (Å²) in [5.74, 6) is 0.0849. The Balaban J connectivity index is 2.59. The summed E-state index contributed by atoms with van der Waals surface area (Å²) in [7, 11) is 3.39. The lowest BCUT2D eigenvalue weighted by molar-refractivity contribution is 0.378. The van der Waals surface area contributed by atoms with Gasteiger partial charge < -0.3 is 10.1 Å². The molecule has 0 amide bonds. The van der Waals surface area contributed by atoms with Gasteiger partial charge in [-0.2, -0.15) is 0 Å². The van der Waals surface area contributed by atoms with Crippen molar-refractivity contribution < 1.29 is 9.13 Å². The van der Waals surface area contributed by atoms with Crippen molar-refractivity contribution in [3.8, 4) is 5.75 Å². The molecule has 0 heterocycles. The zero-order valence-corrected chi connectivity index (χ0v) is 12.3.